The molecule has 0 fully saturated rings. The third-order valence-corrected chi connectivity index (χ3v) is 6.75. The van der Waals surface area contributed by atoms with Gasteiger partial charge in [-0.25, -0.2) is 13.4 Å². The predicted octanol–water partition coefficient (Wildman–Crippen LogP) is 2.00. The Balaban J connectivity index is 1.67. The summed E-state index contributed by atoms with van der Waals surface area (Å²) >= 11 is 4.65. The van der Waals surface area contributed by atoms with Crippen LogP contribution in [0, 0.1) is 0 Å². The third-order valence-electron chi connectivity index (χ3n) is 2.30. The van der Waals surface area contributed by atoms with Gasteiger partial charge in [-0.2, -0.15) is 5.10 Å². The van der Waals surface area contributed by atoms with Crippen LogP contribution in [0.15, 0.2) is 27.0 Å². The molecule has 96 valence electrons. The minimum atomic E-state index is -3.27. The first kappa shape index (κ1) is 12.5. The van der Waals surface area contributed by atoms with E-state index in [0.29, 0.717) is 11.7 Å². The fourth-order valence-corrected chi connectivity index (χ4v) is 5.40. The number of hydrogen-bond donors (Lipinski definition) is 0. The lowest BCUT2D eigenvalue weighted by atomic mass is 10.5. The second kappa shape index (κ2) is 4.87. The molecule has 3 heterocycles. The molecular weight excluding hydrogens is 310 g/mol. The smallest absolute Gasteiger partial charge is 0.239 e. The molecule has 0 unspecified atom stereocenters. The van der Waals surface area contributed by atoms with E-state index in [1.165, 1.54) is 16.6 Å². The summed E-state index contributed by atoms with van der Waals surface area (Å²) in [6.45, 7) is 0.400. The van der Waals surface area contributed by atoms with Gasteiger partial charge in [-0.3, -0.25) is 0 Å². The Morgan fingerprint density at radius 3 is 3.17 bits per heavy atom. The van der Waals surface area contributed by atoms with Gasteiger partial charge in [-0.15, -0.1) is 15.7 Å². The van der Waals surface area contributed by atoms with Crippen LogP contribution in [-0.2, 0) is 15.8 Å². The molecule has 0 saturated heterocycles. The summed E-state index contributed by atoms with van der Waals surface area (Å²) < 4.78 is 27.3. The fraction of sp³-hybridized carbons (Fsp3) is 0.333. The predicted molar refractivity (Wildman–Crippen MR) is 78.6 cm³/mol. The summed E-state index contributed by atoms with van der Waals surface area (Å²) in [6.07, 6.45) is 0. The lowest BCUT2D eigenvalue weighted by Crippen LogP contribution is -2.31. The average molecular weight is 319 g/mol. The van der Waals surface area contributed by atoms with Gasteiger partial charge in [0.05, 0.1) is 12.3 Å². The number of thioether (sulfide) groups is 2. The van der Waals surface area contributed by atoms with E-state index in [0.717, 1.165) is 10.1 Å². The molecule has 0 N–H and O–H groups in total. The Morgan fingerprint density at radius 1 is 1.50 bits per heavy atom. The van der Waals surface area contributed by atoms with Crippen molar-refractivity contribution in [2.24, 2.45) is 9.50 Å². The molecule has 1 aromatic heterocycles. The van der Waals surface area contributed by atoms with Crippen LogP contribution >= 0.6 is 34.9 Å². The lowest BCUT2D eigenvalue weighted by Gasteiger charge is -2.16. The van der Waals surface area contributed by atoms with Gasteiger partial charge >= 0.3 is 0 Å². The van der Waals surface area contributed by atoms with Crippen LogP contribution < -0.4 is 0 Å². The molecule has 0 aliphatic carbocycles. The van der Waals surface area contributed by atoms with Crippen molar-refractivity contribution in [3.8, 4) is 0 Å². The topological polar surface area (TPSA) is 62.1 Å². The minimum absolute atomic E-state index is 0.0451. The molecule has 9 heteroatoms. The summed E-state index contributed by atoms with van der Waals surface area (Å²) in [5.74, 6) is 0.904. The van der Waals surface area contributed by atoms with Crippen molar-refractivity contribution in [2.75, 3.05) is 12.3 Å². The molecule has 0 amide bonds. The Kier molecular flexibility index (Phi) is 3.39. The molecule has 0 saturated carbocycles. The fourth-order valence-electron chi connectivity index (χ4n) is 1.46. The first-order valence-electron chi connectivity index (χ1n) is 5.14. The molecule has 18 heavy (non-hydrogen) atoms. The van der Waals surface area contributed by atoms with Crippen molar-refractivity contribution in [3.05, 3.63) is 22.4 Å². The Labute approximate surface area is 117 Å². The monoisotopic (exact) mass is 319 g/mol. The highest BCUT2D eigenvalue weighted by Gasteiger charge is 2.30. The molecule has 0 atom stereocenters. The van der Waals surface area contributed by atoms with Crippen molar-refractivity contribution >= 4 is 54.4 Å². The normalized spacial score (nSPS) is 21.4. The van der Waals surface area contributed by atoms with Crippen molar-refractivity contribution in [1.82, 2.24) is 5.01 Å². The van der Waals surface area contributed by atoms with E-state index in [1.807, 2.05) is 11.4 Å². The van der Waals surface area contributed by atoms with Gasteiger partial charge in [0.25, 0.3) is 10.0 Å². The number of hydrazone groups is 1. The molecule has 0 radical (unpaired) electrons. The second-order valence-electron chi connectivity index (χ2n) is 3.62. The lowest BCUT2D eigenvalue weighted by molar-refractivity contribution is 0.474. The van der Waals surface area contributed by atoms with Crippen LogP contribution in [0.5, 0.6) is 0 Å². The number of rotatable bonds is 2. The standard InChI is InChI=1S/C9H9N3O2S4/c13-18(14)5-3-12-8(11-18)17-9(10-12)16-6-7-2-1-4-15-7/h1-2,4H,3,5-6H2. The van der Waals surface area contributed by atoms with Gasteiger partial charge in [0.15, 0.2) is 4.38 Å². The SMILES string of the molecule is O=S1(=O)CCN2N=C(SCc3cccs3)SC2=N1. The van der Waals surface area contributed by atoms with Crippen LogP contribution in [0.1, 0.15) is 4.88 Å². The van der Waals surface area contributed by atoms with Gasteiger partial charge in [-0.1, -0.05) is 17.8 Å². The maximum absolute atomic E-state index is 11.4. The summed E-state index contributed by atoms with van der Waals surface area (Å²) in [6, 6.07) is 4.09. The van der Waals surface area contributed by atoms with E-state index < -0.39 is 10.0 Å². The van der Waals surface area contributed by atoms with Crippen molar-refractivity contribution in [3.63, 3.8) is 0 Å². The molecule has 1 aromatic rings. The van der Waals surface area contributed by atoms with Crippen molar-refractivity contribution in [2.45, 2.75) is 5.75 Å². The van der Waals surface area contributed by atoms with E-state index in [4.69, 9.17) is 0 Å². The van der Waals surface area contributed by atoms with E-state index in [9.17, 15) is 8.42 Å². The van der Waals surface area contributed by atoms with Crippen LogP contribution in [-0.4, -0.2) is 35.3 Å². The number of amidine groups is 1. The number of thiophene rings is 1. The van der Waals surface area contributed by atoms with Crippen LogP contribution in [0.4, 0.5) is 0 Å². The number of nitrogens with zero attached hydrogens (tertiary/aromatic N) is 3. The number of fused-ring (bicyclic) bond motifs is 1. The molecule has 2 aliphatic heterocycles. The van der Waals surface area contributed by atoms with E-state index in [2.05, 4.69) is 15.6 Å². The highest BCUT2D eigenvalue weighted by molar-refractivity contribution is 8.45. The first-order chi connectivity index (χ1) is 8.62. The number of hydrogen-bond acceptors (Lipinski definition) is 7. The van der Waals surface area contributed by atoms with E-state index in [-0.39, 0.29) is 5.75 Å². The second-order valence-corrected chi connectivity index (χ2v) is 8.58. The van der Waals surface area contributed by atoms with Crippen molar-refractivity contribution < 1.29 is 8.42 Å². The van der Waals surface area contributed by atoms with Crippen LogP contribution in [0.25, 0.3) is 0 Å². The van der Waals surface area contributed by atoms with Gasteiger partial charge in [0, 0.05) is 10.6 Å². The maximum Gasteiger partial charge on any atom is 0.257 e. The van der Waals surface area contributed by atoms with Crippen LogP contribution in [0.2, 0.25) is 0 Å². The minimum Gasteiger partial charge on any atom is -0.239 e. The largest absolute Gasteiger partial charge is 0.257 e. The zero-order valence-electron chi connectivity index (χ0n) is 9.14. The Hall–Kier alpha value is -0.510. The first-order valence-corrected chi connectivity index (χ1v) is 9.43. The summed E-state index contributed by atoms with van der Waals surface area (Å²) in [7, 11) is -3.27. The molecule has 0 bridgehead atoms. The quantitative estimate of drug-likeness (QED) is 0.834. The Morgan fingerprint density at radius 2 is 2.39 bits per heavy atom. The third kappa shape index (κ3) is 2.73. The van der Waals surface area contributed by atoms with E-state index >= 15 is 0 Å². The zero-order valence-corrected chi connectivity index (χ0v) is 12.4. The van der Waals surface area contributed by atoms with Gasteiger partial charge in [0.1, 0.15) is 0 Å². The van der Waals surface area contributed by atoms with Crippen molar-refractivity contribution in [1.29, 1.82) is 0 Å². The summed E-state index contributed by atoms with van der Waals surface area (Å²) in [4.78, 5) is 1.28. The van der Waals surface area contributed by atoms with Gasteiger partial charge in [0.2, 0.25) is 5.17 Å². The highest BCUT2D eigenvalue weighted by atomic mass is 32.2. The molecular formula is C9H9N3O2S4. The van der Waals surface area contributed by atoms with Crippen LogP contribution in [0.3, 0.4) is 0 Å². The number of sulfonamides is 1. The highest BCUT2D eigenvalue weighted by Crippen LogP contribution is 2.32. The van der Waals surface area contributed by atoms with Gasteiger partial charge < -0.3 is 0 Å². The van der Waals surface area contributed by atoms with E-state index in [1.54, 1.807) is 28.1 Å². The molecule has 0 aromatic carbocycles. The molecule has 0 spiro atoms. The Bertz CT molecular complexity index is 606. The van der Waals surface area contributed by atoms with Gasteiger partial charge in [-0.05, 0) is 23.2 Å². The molecule has 2 aliphatic rings. The maximum atomic E-state index is 11.4. The molecule has 5 nitrogen and oxygen atoms in total. The molecule has 3 rings (SSSR count). The zero-order chi connectivity index (χ0) is 12.6. The average Bonchev–Trinajstić information content (AvgIpc) is 2.92. The summed E-state index contributed by atoms with van der Waals surface area (Å²) in [5.41, 5.74) is 0. The summed E-state index contributed by atoms with van der Waals surface area (Å²) in [5, 5.41) is 8.55.